The Bertz CT molecular complexity index is 1530. The summed E-state index contributed by atoms with van der Waals surface area (Å²) in [6.45, 7) is 1.83. The Hall–Kier alpha value is -3.77. The van der Waals surface area contributed by atoms with E-state index in [1.54, 1.807) is 0 Å². The molecule has 0 aliphatic heterocycles. The number of halogens is 1. The Morgan fingerprint density at radius 2 is 1.79 bits per heavy atom. The summed E-state index contributed by atoms with van der Waals surface area (Å²) in [5.74, 6) is -1.18. The van der Waals surface area contributed by atoms with E-state index < -0.39 is 17.9 Å². The lowest BCUT2D eigenvalue weighted by molar-refractivity contribution is -0.145. The number of nitrogens with one attached hydrogen (secondary N) is 3. The summed E-state index contributed by atoms with van der Waals surface area (Å²) in [6.07, 6.45) is 2.20. The second kappa shape index (κ2) is 8.88. The van der Waals surface area contributed by atoms with Crippen molar-refractivity contribution in [3.05, 3.63) is 83.0 Å². The zero-order valence-corrected chi connectivity index (χ0v) is 19.6. The van der Waals surface area contributed by atoms with Crippen molar-refractivity contribution in [3.8, 4) is 0 Å². The van der Waals surface area contributed by atoms with E-state index in [4.69, 9.17) is 16.3 Å². The van der Waals surface area contributed by atoms with Gasteiger partial charge in [0, 0.05) is 50.3 Å². The highest BCUT2D eigenvalue weighted by molar-refractivity contribution is 6.31. The highest BCUT2D eigenvalue weighted by atomic mass is 35.5. The quantitative estimate of drug-likeness (QED) is 0.286. The molecule has 0 saturated carbocycles. The Morgan fingerprint density at radius 3 is 2.62 bits per heavy atom. The number of fused-ring (bicyclic) bond motifs is 4. The summed E-state index contributed by atoms with van der Waals surface area (Å²) in [7, 11) is 1.33. The maximum atomic E-state index is 13.2. The van der Waals surface area contributed by atoms with E-state index in [0.717, 1.165) is 43.8 Å². The Morgan fingerprint density at radius 1 is 0.971 bits per heavy atom. The number of rotatable bonds is 6. The van der Waals surface area contributed by atoms with Crippen molar-refractivity contribution in [3.63, 3.8) is 0 Å². The molecule has 0 aliphatic carbocycles. The van der Waals surface area contributed by atoms with Crippen LogP contribution in [-0.2, 0) is 20.7 Å². The number of methoxy groups -OCH3 is 1. The average Bonchev–Trinajstić information content (AvgIpc) is 3.43. The molecule has 5 rings (SSSR count). The van der Waals surface area contributed by atoms with Crippen LogP contribution in [0.4, 0.5) is 0 Å². The maximum absolute atomic E-state index is 13.2. The van der Waals surface area contributed by atoms with Crippen molar-refractivity contribution < 1.29 is 14.3 Å². The summed E-state index contributed by atoms with van der Waals surface area (Å²) in [5.41, 5.74) is 4.68. The summed E-state index contributed by atoms with van der Waals surface area (Å²) in [6, 6.07) is 18.7. The minimum atomic E-state index is -0.793. The van der Waals surface area contributed by atoms with Gasteiger partial charge >= 0.3 is 5.97 Å². The molecule has 2 atom stereocenters. The molecule has 1 amide bonds. The number of H-pyrrole nitrogens is 2. The van der Waals surface area contributed by atoms with Crippen molar-refractivity contribution in [2.45, 2.75) is 25.3 Å². The first kappa shape index (κ1) is 22.0. The zero-order valence-electron chi connectivity index (χ0n) is 18.8. The number of amides is 1. The smallest absolute Gasteiger partial charge is 0.328 e. The van der Waals surface area contributed by atoms with E-state index >= 15 is 0 Å². The minimum absolute atomic E-state index is 0.242. The molecule has 0 saturated heterocycles. The van der Waals surface area contributed by atoms with Crippen LogP contribution < -0.4 is 5.32 Å². The third-order valence-corrected chi connectivity index (χ3v) is 6.61. The van der Waals surface area contributed by atoms with Crippen LogP contribution >= 0.6 is 11.6 Å². The molecule has 0 fully saturated rings. The molecule has 2 aromatic heterocycles. The standard InChI is InChI=1S/C27H24ClN3O3/c1-15(16-7-9-20-21-13-18(28)8-10-23(21)30-24(20)11-16)26(32)31-25(27(33)34-2)12-17-14-29-22-6-4-3-5-19(17)22/h3-11,13-15,25,29-30H,12H2,1-2H3,(H,31,32)/t15?,25-/m0/s1. The van der Waals surface area contributed by atoms with Crippen LogP contribution in [-0.4, -0.2) is 35.0 Å². The van der Waals surface area contributed by atoms with Gasteiger partial charge in [-0.05, 0) is 48.4 Å². The highest BCUT2D eigenvalue weighted by Gasteiger charge is 2.26. The van der Waals surface area contributed by atoms with Gasteiger partial charge in [-0.2, -0.15) is 0 Å². The molecule has 0 aliphatic rings. The first-order valence-electron chi connectivity index (χ1n) is 11.1. The van der Waals surface area contributed by atoms with Gasteiger partial charge in [-0.25, -0.2) is 4.79 Å². The van der Waals surface area contributed by atoms with Crippen molar-refractivity contribution in [2.75, 3.05) is 7.11 Å². The summed E-state index contributed by atoms with van der Waals surface area (Å²) in [5, 5.41) is 6.67. The van der Waals surface area contributed by atoms with Gasteiger partial charge in [0.25, 0.3) is 0 Å². The number of carbonyl (C=O) groups excluding carboxylic acids is 2. The van der Waals surface area contributed by atoms with E-state index in [-0.39, 0.29) is 5.91 Å². The fourth-order valence-corrected chi connectivity index (χ4v) is 4.64. The van der Waals surface area contributed by atoms with Gasteiger partial charge in [0.15, 0.2) is 0 Å². The predicted octanol–water partition coefficient (Wildman–Crippen LogP) is 5.46. The van der Waals surface area contributed by atoms with Gasteiger partial charge in [-0.3, -0.25) is 4.79 Å². The zero-order chi connectivity index (χ0) is 23.8. The van der Waals surface area contributed by atoms with Crippen molar-refractivity contribution >= 4 is 56.2 Å². The second-order valence-electron chi connectivity index (χ2n) is 8.49. The number of esters is 1. The number of aromatic nitrogens is 2. The van der Waals surface area contributed by atoms with Crippen LogP contribution in [0.2, 0.25) is 5.02 Å². The van der Waals surface area contributed by atoms with Crippen LogP contribution in [0.3, 0.4) is 0 Å². The maximum Gasteiger partial charge on any atom is 0.328 e. The molecule has 2 heterocycles. The molecule has 5 aromatic rings. The van der Waals surface area contributed by atoms with Gasteiger partial charge < -0.3 is 20.0 Å². The molecule has 3 N–H and O–H groups in total. The number of benzene rings is 3. The predicted molar refractivity (Wildman–Crippen MR) is 135 cm³/mol. The van der Waals surface area contributed by atoms with Crippen LogP contribution in [0.1, 0.15) is 24.0 Å². The second-order valence-corrected chi connectivity index (χ2v) is 8.93. The molecule has 0 spiro atoms. The molecule has 172 valence electrons. The van der Waals surface area contributed by atoms with Crippen molar-refractivity contribution in [1.82, 2.24) is 15.3 Å². The van der Waals surface area contributed by atoms with Gasteiger partial charge in [0.2, 0.25) is 5.91 Å². The number of hydrogen-bond acceptors (Lipinski definition) is 3. The topological polar surface area (TPSA) is 87.0 Å². The molecule has 34 heavy (non-hydrogen) atoms. The number of hydrogen-bond donors (Lipinski definition) is 3. The average molecular weight is 474 g/mol. The first-order chi connectivity index (χ1) is 16.4. The number of ether oxygens (including phenoxy) is 1. The van der Waals surface area contributed by atoms with Gasteiger partial charge in [0.1, 0.15) is 6.04 Å². The van der Waals surface area contributed by atoms with Crippen molar-refractivity contribution in [2.24, 2.45) is 0 Å². The third-order valence-electron chi connectivity index (χ3n) is 6.38. The summed E-state index contributed by atoms with van der Waals surface area (Å²) >= 11 is 6.16. The minimum Gasteiger partial charge on any atom is -0.467 e. The Kier molecular flexibility index (Phi) is 5.75. The molecule has 0 bridgehead atoms. The van der Waals surface area contributed by atoms with E-state index in [1.807, 2.05) is 73.8 Å². The summed E-state index contributed by atoms with van der Waals surface area (Å²) < 4.78 is 4.98. The van der Waals surface area contributed by atoms with Crippen LogP contribution in [0.25, 0.3) is 32.7 Å². The largest absolute Gasteiger partial charge is 0.467 e. The molecule has 7 heteroatoms. The van der Waals surface area contributed by atoms with Crippen LogP contribution in [0, 0.1) is 0 Å². The fraction of sp³-hybridized carbons (Fsp3) is 0.185. The first-order valence-corrected chi connectivity index (χ1v) is 11.5. The Balaban J connectivity index is 1.39. The van der Waals surface area contributed by atoms with Gasteiger partial charge in [-0.1, -0.05) is 41.9 Å². The fourth-order valence-electron chi connectivity index (χ4n) is 4.47. The SMILES string of the molecule is COC(=O)[C@H](Cc1c[nH]c2ccccc12)NC(=O)C(C)c1ccc2c(c1)[nH]c1ccc(Cl)cc12. The Labute approximate surface area is 201 Å². The van der Waals surface area contributed by atoms with E-state index in [0.29, 0.717) is 11.4 Å². The summed E-state index contributed by atoms with van der Waals surface area (Å²) in [4.78, 5) is 32.3. The van der Waals surface area contributed by atoms with Crippen molar-refractivity contribution in [1.29, 1.82) is 0 Å². The lowest BCUT2D eigenvalue weighted by Gasteiger charge is -2.19. The number of carbonyl (C=O) groups is 2. The van der Waals surface area contributed by atoms with E-state index in [1.165, 1.54) is 7.11 Å². The normalized spacial score (nSPS) is 13.3. The van der Waals surface area contributed by atoms with Gasteiger partial charge in [-0.15, -0.1) is 0 Å². The van der Waals surface area contributed by atoms with E-state index in [9.17, 15) is 9.59 Å². The monoisotopic (exact) mass is 473 g/mol. The molecule has 3 aromatic carbocycles. The van der Waals surface area contributed by atoms with Gasteiger partial charge in [0.05, 0.1) is 13.0 Å². The number of para-hydroxylation sites is 1. The highest BCUT2D eigenvalue weighted by Crippen LogP contribution is 2.30. The molecular formula is C27H24ClN3O3. The molecule has 6 nitrogen and oxygen atoms in total. The number of aromatic amines is 2. The lowest BCUT2D eigenvalue weighted by Crippen LogP contribution is -2.44. The molecular weight excluding hydrogens is 450 g/mol. The van der Waals surface area contributed by atoms with Crippen LogP contribution in [0.15, 0.2) is 66.9 Å². The molecule has 1 unspecified atom stereocenters. The molecule has 0 radical (unpaired) electrons. The lowest BCUT2D eigenvalue weighted by atomic mass is 9.97. The third kappa shape index (κ3) is 4.01. The van der Waals surface area contributed by atoms with E-state index in [2.05, 4.69) is 15.3 Å². The van der Waals surface area contributed by atoms with Crippen LogP contribution in [0.5, 0.6) is 0 Å².